The third-order valence-corrected chi connectivity index (χ3v) is 5.98. The highest BCUT2D eigenvalue weighted by Crippen LogP contribution is 2.33. The van der Waals surface area contributed by atoms with Crippen LogP contribution >= 0.6 is 11.3 Å². The first-order valence-corrected chi connectivity index (χ1v) is 10.8. The molecule has 7 heteroatoms. The van der Waals surface area contributed by atoms with E-state index in [-0.39, 0.29) is 5.41 Å². The van der Waals surface area contributed by atoms with Crippen molar-refractivity contribution < 1.29 is 9.47 Å². The summed E-state index contributed by atoms with van der Waals surface area (Å²) in [5.74, 6) is 2.30. The van der Waals surface area contributed by atoms with Gasteiger partial charge < -0.3 is 20.1 Å². The molecule has 1 aromatic carbocycles. The van der Waals surface area contributed by atoms with E-state index in [1.165, 1.54) is 4.88 Å². The van der Waals surface area contributed by atoms with Gasteiger partial charge in [0.25, 0.3) is 0 Å². The van der Waals surface area contributed by atoms with E-state index in [0.29, 0.717) is 6.54 Å². The van der Waals surface area contributed by atoms with Gasteiger partial charge in [-0.25, -0.2) is 4.98 Å². The first-order chi connectivity index (χ1) is 13.8. The second kappa shape index (κ2) is 10.5. The van der Waals surface area contributed by atoms with E-state index >= 15 is 0 Å². The van der Waals surface area contributed by atoms with E-state index in [1.54, 1.807) is 25.6 Å². The number of aromatic nitrogens is 1. The van der Waals surface area contributed by atoms with Crippen LogP contribution in [0.2, 0.25) is 0 Å². The van der Waals surface area contributed by atoms with E-state index in [9.17, 15) is 0 Å². The fourth-order valence-corrected chi connectivity index (χ4v) is 3.83. The molecule has 0 amide bonds. The minimum Gasteiger partial charge on any atom is -0.493 e. The maximum absolute atomic E-state index is 5.45. The molecule has 0 atom stereocenters. The highest BCUT2D eigenvalue weighted by atomic mass is 32.1. The van der Waals surface area contributed by atoms with E-state index in [0.717, 1.165) is 53.2 Å². The lowest BCUT2D eigenvalue weighted by Crippen LogP contribution is -2.39. The largest absolute Gasteiger partial charge is 0.493 e. The first kappa shape index (κ1) is 23.0. The monoisotopic (exact) mass is 418 g/mol. The van der Waals surface area contributed by atoms with Crippen LogP contribution in [0, 0.1) is 13.8 Å². The molecule has 160 valence electrons. The number of guanidine groups is 1. The molecule has 6 nitrogen and oxygen atoms in total. The molecule has 0 aliphatic rings. The van der Waals surface area contributed by atoms with Crippen molar-refractivity contribution in [3.8, 4) is 11.5 Å². The SMILES string of the molecule is CCNC(=NCC(C)(C)c1ccc(OC)c(OC)c1)NCCc1nc(C)c(C)s1. The predicted octanol–water partition coefficient (Wildman–Crippen LogP) is 3.85. The number of aryl methyl sites for hydroxylation is 2. The summed E-state index contributed by atoms with van der Waals surface area (Å²) in [4.78, 5) is 10.7. The highest BCUT2D eigenvalue weighted by Gasteiger charge is 2.22. The second-order valence-corrected chi connectivity index (χ2v) is 8.86. The van der Waals surface area contributed by atoms with Crippen LogP contribution in [0.4, 0.5) is 0 Å². The smallest absolute Gasteiger partial charge is 0.191 e. The molecule has 0 aliphatic heterocycles. The van der Waals surface area contributed by atoms with Crippen molar-refractivity contribution in [2.24, 2.45) is 4.99 Å². The summed E-state index contributed by atoms with van der Waals surface area (Å²) in [5.41, 5.74) is 2.14. The Hall–Kier alpha value is -2.28. The summed E-state index contributed by atoms with van der Waals surface area (Å²) < 4.78 is 10.8. The molecule has 0 saturated carbocycles. The standard InChI is InChI=1S/C22H34N4O2S/c1-8-23-21(24-12-11-20-26-15(2)16(3)29-20)25-14-22(4,5)17-9-10-18(27-6)19(13-17)28-7/h9-10,13H,8,11-12,14H2,1-7H3,(H2,23,24,25). The lowest BCUT2D eigenvalue weighted by atomic mass is 9.84. The summed E-state index contributed by atoms with van der Waals surface area (Å²) in [6.45, 7) is 12.9. The number of ether oxygens (including phenoxy) is 2. The molecule has 0 saturated heterocycles. The van der Waals surface area contributed by atoms with Gasteiger partial charge in [0.15, 0.2) is 17.5 Å². The van der Waals surface area contributed by atoms with Gasteiger partial charge in [-0.05, 0) is 38.5 Å². The van der Waals surface area contributed by atoms with Crippen LogP contribution < -0.4 is 20.1 Å². The van der Waals surface area contributed by atoms with E-state index in [2.05, 4.69) is 56.3 Å². The lowest BCUT2D eigenvalue weighted by Gasteiger charge is -2.25. The van der Waals surface area contributed by atoms with Gasteiger partial charge in [-0.2, -0.15) is 0 Å². The molecule has 0 aliphatic carbocycles. The van der Waals surface area contributed by atoms with Crippen LogP contribution in [0.3, 0.4) is 0 Å². The Labute approximate surface area is 178 Å². The number of hydrogen-bond donors (Lipinski definition) is 2. The van der Waals surface area contributed by atoms with Gasteiger partial charge in [0.2, 0.25) is 0 Å². The Bertz CT molecular complexity index is 811. The van der Waals surface area contributed by atoms with Gasteiger partial charge in [-0.1, -0.05) is 19.9 Å². The lowest BCUT2D eigenvalue weighted by molar-refractivity contribution is 0.353. The van der Waals surface area contributed by atoms with Crippen LogP contribution in [0.15, 0.2) is 23.2 Å². The Morgan fingerprint density at radius 3 is 2.45 bits per heavy atom. The van der Waals surface area contributed by atoms with Crippen molar-refractivity contribution >= 4 is 17.3 Å². The number of nitrogens with zero attached hydrogens (tertiary/aromatic N) is 2. The second-order valence-electron chi connectivity index (χ2n) is 7.57. The summed E-state index contributed by atoms with van der Waals surface area (Å²) in [6.07, 6.45) is 0.892. The molecular formula is C22H34N4O2S. The molecule has 1 aromatic heterocycles. The van der Waals surface area contributed by atoms with E-state index in [4.69, 9.17) is 14.5 Å². The van der Waals surface area contributed by atoms with Crippen LogP contribution in [0.1, 0.15) is 41.9 Å². The normalized spacial score (nSPS) is 12.0. The third-order valence-electron chi connectivity index (χ3n) is 4.85. The van der Waals surface area contributed by atoms with Gasteiger partial charge in [-0.15, -0.1) is 11.3 Å². The van der Waals surface area contributed by atoms with Crippen molar-refractivity contribution in [1.29, 1.82) is 0 Å². The third kappa shape index (κ3) is 6.35. The molecule has 0 bridgehead atoms. The van der Waals surface area contributed by atoms with E-state index < -0.39 is 0 Å². The number of methoxy groups -OCH3 is 2. The molecule has 0 radical (unpaired) electrons. The van der Waals surface area contributed by atoms with Crippen molar-refractivity contribution in [1.82, 2.24) is 15.6 Å². The fourth-order valence-electron chi connectivity index (χ4n) is 2.90. The minimum atomic E-state index is -0.147. The molecule has 2 aromatic rings. The summed E-state index contributed by atoms with van der Waals surface area (Å²) in [5, 5.41) is 7.91. The topological polar surface area (TPSA) is 67.8 Å². The van der Waals surface area contributed by atoms with Crippen molar-refractivity contribution in [2.45, 2.75) is 46.5 Å². The van der Waals surface area contributed by atoms with Crippen molar-refractivity contribution in [3.63, 3.8) is 0 Å². The van der Waals surface area contributed by atoms with Gasteiger partial charge in [-0.3, -0.25) is 4.99 Å². The van der Waals surface area contributed by atoms with Gasteiger partial charge in [0.1, 0.15) is 0 Å². The number of hydrogen-bond acceptors (Lipinski definition) is 5. The summed E-state index contributed by atoms with van der Waals surface area (Å²) in [7, 11) is 3.31. The highest BCUT2D eigenvalue weighted by molar-refractivity contribution is 7.11. The number of benzene rings is 1. The van der Waals surface area contributed by atoms with Gasteiger partial charge >= 0.3 is 0 Å². The Balaban J connectivity index is 2.03. The molecule has 2 N–H and O–H groups in total. The Morgan fingerprint density at radius 2 is 1.86 bits per heavy atom. The molecular weight excluding hydrogens is 384 g/mol. The van der Waals surface area contributed by atoms with Crippen LogP contribution in [0.25, 0.3) is 0 Å². The van der Waals surface area contributed by atoms with Gasteiger partial charge in [0, 0.05) is 29.8 Å². The maximum atomic E-state index is 5.45. The molecule has 0 unspecified atom stereocenters. The van der Waals surface area contributed by atoms with Crippen molar-refractivity contribution in [2.75, 3.05) is 33.9 Å². The van der Waals surface area contributed by atoms with Crippen LogP contribution in [-0.2, 0) is 11.8 Å². The molecule has 0 spiro atoms. The summed E-state index contributed by atoms with van der Waals surface area (Å²) in [6, 6.07) is 6.05. The average molecular weight is 419 g/mol. The molecule has 29 heavy (non-hydrogen) atoms. The summed E-state index contributed by atoms with van der Waals surface area (Å²) >= 11 is 1.77. The zero-order chi connectivity index (χ0) is 21.4. The quantitative estimate of drug-likeness (QED) is 0.478. The Kier molecular flexibility index (Phi) is 8.32. The predicted molar refractivity (Wildman–Crippen MR) is 122 cm³/mol. The number of aliphatic imine (C=N–C) groups is 1. The van der Waals surface area contributed by atoms with Crippen molar-refractivity contribution in [3.05, 3.63) is 39.3 Å². The van der Waals surface area contributed by atoms with E-state index in [1.807, 2.05) is 12.1 Å². The molecule has 1 heterocycles. The number of thiazole rings is 1. The zero-order valence-electron chi connectivity index (χ0n) is 18.7. The Morgan fingerprint density at radius 1 is 1.14 bits per heavy atom. The molecule has 2 rings (SSSR count). The first-order valence-electron chi connectivity index (χ1n) is 9.98. The maximum Gasteiger partial charge on any atom is 0.191 e. The average Bonchev–Trinajstić information content (AvgIpc) is 3.02. The minimum absolute atomic E-state index is 0.147. The zero-order valence-corrected chi connectivity index (χ0v) is 19.5. The van der Waals surface area contributed by atoms with Crippen LogP contribution in [0.5, 0.6) is 11.5 Å². The number of nitrogens with one attached hydrogen (secondary N) is 2. The van der Waals surface area contributed by atoms with Gasteiger partial charge in [0.05, 0.1) is 31.5 Å². The van der Waals surface area contributed by atoms with Crippen LogP contribution in [-0.4, -0.2) is 44.8 Å². The molecule has 0 fully saturated rings. The number of rotatable bonds is 9. The fraction of sp³-hybridized carbons (Fsp3) is 0.545.